The van der Waals surface area contributed by atoms with E-state index >= 15 is 0 Å². The van der Waals surface area contributed by atoms with Crippen molar-refractivity contribution in [3.63, 3.8) is 0 Å². The number of hydrogen-bond donors (Lipinski definition) is 2. The summed E-state index contributed by atoms with van der Waals surface area (Å²) >= 11 is 4.21. The number of thiol groups is 1. The minimum Gasteiger partial charge on any atom is -0.383 e. The number of carbonyl (C=O) groups is 1. The Kier molecular flexibility index (Phi) is 5.23. The lowest BCUT2D eigenvalue weighted by Crippen LogP contribution is -2.41. The maximum Gasteiger partial charge on any atom is 0.223 e. The van der Waals surface area contributed by atoms with Crippen LogP contribution < -0.4 is 5.73 Å². The van der Waals surface area contributed by atoms with Crippen LogP contribution in [0, 0.1) is 0 Å². The van der Waals surface area contributed by atoms with Crippen LogP contribution in [0.4, 0.5) is 5.82 Å². The largest absolute Gasteiger partial charge is 0.383 e. The van der Waals surface area contributed by atoms with Gasteiger partial charge in [-0.05, 0) is 29.4 Å². The number of hydrogen-bond acceptors (Lipinski definition) is 6. The Morgan fingerprint density at radius 3 is 2.87 bits per heavy atom. The van der Waals surface area contributed by atoms with E-state index < -0.39 is 0 Å². The number of likely N-dealkylation sites (tertiary alicyclic amines) is 1. The minimum absolute atomic E-state index is 0.0399. The SMILES string of the molecule is Nc1ncnc2c1c(-c1cccc3ccccc13)nn2[C@@H]1CCCN(C(=O)CCS)C1. The molecule has 31 heavy (non-hydrogen) atoms. The van der Waals surface area contributed by atoms with Gasteiger partial charge < -0.3 is 10.6 Å². The quantitative estimate of drug-likeness (QED) is 0.480. The molecule has 1 aliphatic rings. The predicted octanol–water partition coefficient (Wildman–Crippen LogP) is 3.71. The molecule has 2 aromatic carbocycles. The zero-order chi connectivity index (χ0) is 21.4. The average molecular weight is 433 g/mol. The molecular weight excluding hydrogens is 408 g/mol. The van der Waals surface area contributed by atoms with Crippen molar-refractivity contribution in [1.29, 1.82) is 0 Å². The van der Waals surface area contributed by atoms with E-state index in [1.165, 1.54) is 6.33 Å². The van der Waals surface area contributed by atoms with Gasteiger partial charge in [0.05, 0.1) is 11.4 Å². The molecule has 2 aromatic heterocycles. The molecule has 1 saturated heterocycles. The molecule has 4 aromatic rings. The summed E-state index contributed by atoms with van der Waals surface area (Å²) in [6.07, 6.45) is 3.79. The maximum atomic E-state index is 12.5. The number of nitrogens with two attached hydrogens (primary N) is 1. The fraction of sp³-hybridized carbons (Fsp3) is 0.304. The second-order valence-corrected chi connectivity index (χ2v) is 8.33. The lowest BCUT2D eigenvalue weighted by Gasteiger charge is -2.33. The molecule has 7 nitrogen and oxygen atoms in total. The first kappa shape index (κ1) is 19.8. The highest BCUT2D eigenvalue weighted by Gasteiger charge is 2.28. The predicted molar refractivity (Wildman–Crippen MR) is 126 cm³/mol. The van der Waals surface area contributed by atoms with Crippen molar-refractivity contribution < 1.29 is 4.79 Å². The van der Waals surface area contributed by atoms with Crippen molar-refractivity contribution in [3.05, 3.63) is 48.8 Å². The third kappa shape index (κ3) is 3.50. The monoisotopic (exact) mass is 432 g/mol. The van der Waals surface area contributed by atoms with Crippen molar-refractivity contribution in [2.75, 3.05) is 24.6 Å². The third-order valence-electron chi connectivity index (χ3n) is 5.98. The van der Waals surface area contributed by atoms with Crippen LogP contribution in [-0.4, -0.2) is 49.4 Å². The maximum absolute atomic E-state index is 12.5. The van der Waals surface area contributed by atoms with Gasteiger partial charge in [0.2, 0.25) is 5.91 Å². The summed E-state index contributed by atoms with van der Waals surface area (Å²) in [5, 5.41) is 8.02. The lowest BCUT2D eigenvalue weighted by atomic mass is 10.0. The number of rotatable bonds is 4. The molecule has 1 atom stereocenters. The zero-order valence-electron chi connectivity index (χ0n) is 17.1. The minimum atomic E-state index is 0.0399. The Labute approximate surface area is 185 Å². The van der Waals surface area contributed by atoms with E-state index in [-0.39, 0.29) is 11.9 Å². The molecule has 0 aliphatic carbocycles. The summed E-state index contributed by atoms with van der Waals surface area (Å²) in [7, 11) is 0. The van der Waals surface area contributed by atoms with Crippen LogP contribution in [0.25, 0.3) is 33.1 Å². The van der Waals surface area contributed by atoms with Gasteiger partial charge in [-0.1, -0.05) is 42.5 Å². The molecule has 3 heterocycles. The van der Waals surface area contributed by atoms with E-state index in [4.69, 9.17) is 10.8 Å². The number of nitrogens with zero attached hydrogens (tertiary/aromatic N) is 5. The molecule has 0 radical (unpaired) electrons. The molecule has 1 amide bonds. The van der Waals surface area contributed by atoms with Crippen LogP contribution in [0.5, 0.6) is 0 Å². The Bertz CT molecular complexity index is 1260. The van der Waals surface area contributed by atoms with Gasteiger partial charge in [-0.2, -0.15) is 17.7 Å². The fourth-order valence-corrected chi connectivity index (χ4v) is 4.70. The molecular formula is C23H24N6OS. The van der Waals surface area contributed by atoms with E-state index in [2.05, 4.69) is 46.9 Å². The summed E-state index contributed by atoms with van der Waals surface area (Å²) in [5.74, 6) is 1.11. The van der Waals surface area contributed by atoms with E-state index in [0.29, 0.717) is 30.2 Å². The molecule has 8 heteroatoms. The van der Waals surface area contributed by atoms with Crippen LogP contribution >= 0.6 is 12.6 Å². The number of aromatic nitrogens is 4. The van der Waals surface area contributed by atoms with Crippen LogP contribution in [0.15, 0.2) is 48.8 Å². The van der Waals surface area contributed by atoms with Crippen molar-refractivity contribution in [1.82, 2.24) is 24.6 Å². The fourth-order valence-electron chi connectivity index (χ4n) is 4.51. The van der Waals surface area contributed by atoms with Gasteiger partial charge in [0, 0.05) is 25.1 Å². The number of fused-ring (bicyclic) bond motifs is 2. The summed E-state index contributed by atoms with van der Waals surface area (Å²) < 4.78 is 1.95. The first-order valence-electron chi connectivity index (χ1n) is 10.5. The van der Waals surface area contributed by atoms with Gasteiger partial charge in [0.25, 0.3) is 0 Å². The van der Waals surface area contributed by atoms with Gasteiger partial charge in [0.1, 0.15) is 17.8 Å². The van der Waals surface area contributed by atoms with Crippen LogP contribution in [0.3, 0.4) is 0 Å². The summed E-state index contributed by atoms with van der Waals surface area (Å²) in [6.45, 7) is 1.39. The molecule has 2 N–H and O–H groups in total. The Balaban J connectivity index is 1.65. The van der Waals surface area contributed by atoms with Gasteiger partial charge in [-0.3, -0.25) is 4.79 Å². The van der Waals surface area contributed by atoms with E-state index in [1.54, 1.807) is 0 Å². The molecule has 158 valence electrons. The number of nitrogen functional groups attached to an aromatic ring is 1. The molecule has 1 aliphatic heterocycles. The second kappa shape index (κ2) is 8.19. The molecule has 0 saturated carbocycles. The summed E-state index contributed by atoms with van der Waals surface area (Å²) in [4.78, 5) is 23.2. The topological polar surface area (TPSA) is 89.9 Å². The Hall–Kier alpha value is -3.13. The van der Waals surface area contributed by atoms with Gasteiger partial charge in [0.15, 0.2) is 5.65 Å². The number of carbonyl (C=O) groups excluding carboxylic acids is 1. The first-order valence-corrected chi connectivity index (χ1v) is 11.2. The van der Waals surface area contributed by atoms with Crippen LogP contribution in [-0.2, 0) is 4.79 Å². The van der Waals surface area contributed by atoms with Crippen molar-refractivity contribution >= 4 is 46.2 Å². The molecule has 0 bridgehead atoms. The number of benzene rings is 2. The second-order valence-electron chi connectivity index (χ2n) is 7.89. The normalized spacial score (nSPS) is 16.8. The highest BCUT2D eigenvalue weighted by molar-refractivity contribution is 7.80. The van der Waals surface area contributed by atoms with Crippen molar-refractivity contribution in [2.45, 2.75) is 25.3 Å². The van der Waals surface area contributed by atoms with Gasteiger partial charge in [-0.15, -0.1) is 0 Å². The number of piperidine rings is 1. The first-order chi connectivity index (χ1) is 15.2. The zero-order valence-corrected chi connectivity index (χ0v) is 18.0. The van der Waals surface area contributed by atoms with Crippen LogP contribution in [0.1, 0.15) is 25.3 Å². The van der Waals surface area contributed by atoms with E-state index in [9.17, 15) is 4.79 Å². The molecule has 1 fully saturated rings. The van der Waals surface area contributed by atoms with Crippen LogP contribution in [0.2, 0.25) is 0 Å². The van der Waals surface area contributed by atoms with E-state index in [0.717, 1.165) is 46.8 Å². The standard InChI is InChI=1S/C23H24N6OS/c24-22-20-21(18-9-3-6-15-5-1-2-8-17(15)18)27-29(23(20)26-14-25-22)16-7-4-11-28(13-16)19(30)10-12-31/h1-3,5-6,8-9,14,16,31H,4,7,10-13H2,(H2,24,25,26)/t16-/m1/s1. The smallest absolute Gasteiger partial charge is 0.223 e. The van der Waals surface area contributed by atoms with Gasteiger partial charge >= 0.3 is 0 Å². The third-order valence-corrected chi connectivity index (χ3v) is 6.21. The lowest BCUT2D eigenvalue weighted by molar-refractivity contribution is -0.132. The van der Waals surface area contributed by atoms with Gasteiger partial charge in [-0.25, -0.2) is 14.6 Å². The number of anilines is 1. The summed E-state index contributed by atoms with van der Waals surface area (Å²) in [5.41, 5.74) is 8.81. The Morgan fingerprint density at radius 2 is 2.00 bits per heavy atom. The Morgan fingerprint density at radius 1 is 1.16 bits per heavy atom. The summed E-state index contributed by atoms with van der Waals surface area (Å²) in [6, 6.07) is 14.4. The molecule has 0 spiro atoms. The highest BCUT2D eigenvalue weighted by atomic mass is 32.1. The number of amides is 1. The molecule has 0 unspecified atom stereocenters. The highest BCUT2D eigenvalue weighted by Crippen LogP contribution is 2.36. The van der Waals surface area contributed by atoms with E-state index in [1.807, 2.05) is 27.8 Å². The average Bonchev–Trinajstić information content (AvgIpc) is 3.20. The van der Waals surface area contributed by atoms with Crippen molar-refractivity contribution in [2.24, 2.45) is 0 Å². The molecule has 5 rings (SSSR count). The van der Waals surface area contributed by atoms with Crippen molar-refractivity contribution in [3.8, 4) is 11.3 Å².